The molecular weight excluding hydrogens is 401 g/mol. The summed E-state index contributed by atoms with van der Waals surface area (Å²) in [7, 11) is 0. The van der Waals surface area contributed by atoms with Crippen molar-refractivity contribution in [2.75, 3.05) is 12.1 Å². The van der Waals surface area contributed by atoms with Crippen LogP contribution in [0.2, 0.25) is 5.02 Å². The van der Waals surface area contributed by atoms with Crippen LogP contribution in [0.25, 0.3) is 6.08 Å². The van der Waals surface area contributed by atoms with Gasteiger partial charge in [-0.15, -0.1) is 0 Å². The summed E-state index contributed by atoms with van der Waals surface area (Å²) >= 11 is 6.10. The number of nitrogens with two attached hydrogens (primary N) is 1. The van der Waals surface area contributed by atoms with Gasteiger partial charge in [-0.1, -0.05) is 17.7 Å². The van der Waals surface area contributed by atoms with Crippen molar-refractivity contribution in [1.82, 2.24) is 0 Å². The molecule has 0 saturated heterocycles. The largest absolute Gasteiger partial charge is 0.454 e. The van der Waals surface area contributed by atoms with E-state index >= 15 is 0 Å². The summed E-state index contributed by atoms with van der Waals surface area (Å²) in [6.45, 7) is -0.00244. The van der Waals surface area contributed by atoms with E-state index in [1.165, 1.54) is 18.2 Å². The van der Waals surface area contributed by atoms with Gasteiger partial charge >= 0.3 is 6.18 Å². The highest BCUT2D eigenvalue weighted by atomic mass is 35.5. The lowest BCUT2D eigenvalue weighted by Gasteiger charge is -2.11. The van der Waals surface area contributed by atoms with Crippen LogP contribution < -0.4 is 20.5 Å². The summed E-state index contributed by atoms with van der Waals surface area (Å²) in [6.07, 6.45) is -3.46. The Bertz CT molecular complexity index is 989. The van der Waals surface area contributed by atoms with Gasteiger partial charge in [0, 0.05) is 11.8 Å². The van der Waals surface area contributed by atoms with Crippen molar-refractivity contribution in [3.8, 4) is 11.5 Å². The van der Waals surface area contributed by atoms with Gasteiger partial charge in [-0.05, 0) is 35.9 Å². The van der Waals surface area contributed by atoms with Gasteiger partial charge < -0.3 is 20.5 Å². The molecule has 2 amide bonds. The molecule has 0 saturated carbocycles. The molecule has 3 N–H and O–H groups in total. The van der Waals surface area contributed by atoms with Crippen LogP contribution in [0.1, 0.15) is 11.1 Å². The fraction of sp³-hybridized carbons (Fsp3) is 0.111. The Morgan fingerprint density at radius 2 is 1.82 bits per heavy atom. The molecule has 1 heterocycles. The number of anilines is 1. The molecule has 0 radical (unpaired) electrons. The Morgan fingerprint density at radius 3 is 2.46 bits per heavy atom. The molecule has 0 fully saturated rings. The number of halogens is 4. The van der Waals surface area contributed by atoms with Crippen molar-refractivity contribution in [2.24, 2.45) is 5.73 Å². The van der Waals surface area contributed by atoms with Crippen molar-refractivity contribution in [3.05, 3.63) is 58.1 Å². The van der Waals surface area contributed by atoms with Crippen molar-refractivity contribution < 1.29 is 32.2 Å². The first-order valence-corrected chi connectivity index (χ1v) is 8.12. The summed E-state index contributed by atoms with van der Waals surface area (Å²) in [5, 5.41) is 2.38. The third-order valence-corrected chi connectivity index (χ3v) is 4.08. The van der Waals surface area contributed by atoms with E-state index in [-0.39, 0.29) is 23.1 Å². The minimum Gasteiger partial charge on any atom is -0.454 e. The Kier molecular flexibility index (Phi) is 5.19. The smallest absolute Gasteiger partial charge is 0.416 e. The van der Waals surface area contributed by atoms with E-state index in [2.05, 4.69) is 5.32 Å². The fourth-order valence-electron chi connectivity index (χ4n) is 2.42. The van der Waals surface area contributed by atoms with Gasteiger partial charge in [0.15, 0.2) is 11.5 Å². The van der Waals surface area contributed by atoms with Gasteiger partial charge in [-0.25, -0.2) is 0 Å². The first-order valence-electron chi connectivity index (χ1n) is 7.74. The van der Waals surface area contributed by atoms with E-state index < -0.39 is 29.1 Å². The van der Waals surface area contributed by atoms with E-state index in [9.17, 15) is 22.8 Å². The molecule has 6 nitrogen and oxygen atoms in total. The molecule has 0 aromatic heterocycles. The first kappa shape index (κ1) is 19.6. The van der Waals surface area contributed by atoms with Crippen LogP contribution in [0, 0.1) is 0 Å². The van der Waals surface area contributed by atoms with E-state index in [1.54, 1.807) is 0 Å². The zero-order valence-electron chi connectivity index (χ0n) is 14.0. The maximum Gasteiger partial charge on any atom is 0.416 e. The predicted octanol–water partition coefficient (Wildman–Crippen LogP) is 3.59. The summed E-state index contributed by atoms with van der Waals surface area (Å²) in [5.41, 5.74) is 3.90. The van der Waals surface area contributed by atoms with Gasteiger partial charge in [-0.2, -0.15) is 13.2 Å². The topological polar surface area (TPSA) is 90.7 Å². The molecule has 2 aromatic carbocycles. The predicted molar refractivity (Wildman–Crippen MR) is 94.8 cm³/mol. The lowest BCUT2D eigenvalue weighted by molar-refractivity contribution is -0.137. The number of rotatable bonds is 4. The van der Waals surface area contributed by atoms with E-state index in [0.29, 0.717) is 11.5 Å². The summed E-state index contributed by atoms with van der Waals surface area (Å²) in [5.74, 6) is -1.31. The number of hydrogen-bond acceptors (Lipinski definition) is 4. The number of nitrogens with one attached hydrogen (secondary N) is 1. The quantitative estimate of drug-likeness (QED) is 0.456. The number of fused-ring (bicyclic) bond motifs is 1. The van der Waals surface area contributed by atoms with Crippen molar-refractivity contribution in [1.29, 1.82) is 0 Å². The minimum absolute atomic E-state index is 0.00244. The van der Waals surface area contributed by atoms with Crippen LogP contribution in [0.3, 0.4) is 0 Å². The van der Waals surface area contributed by atoms with E-state index in [4.69, 9.17) is 26.8 Å². The minimum atomic E-state index is -4.58. The number of hydrogen-bond donors (Lipinski definition) is 2. The second-order valence-electron chi connectivity index (χ2n) is 5.68. The Morgan fingerprint density at radius 1 is 1.14 bits per heavy atom. The number of amides is 2. The lowest BCUT2D eigenvalue weighted by atomic mass is 10.1. The van der Waals surface area contributed by atoms with Crippen LogP contribution in [0.5, 0.6) is 11.5 Å². The summed E-state index contributed by atoms with van der Waals surface area (Å²) < 4.78 is 48.8. The van der Waals surface area contributed by atoms with Gasteiger partial charge in [0.1, 0.15) is 5.57 Å². The molecule has 10 heteroatoms. The summed E-state index contributed by atoms with van der Waals surface area (Å²) in [4.78, 5) is 24.1. The maximum absolute atomic E-state index is 12.8. The SMILES string of the molecule is NC(=O)C(=Cc1cc2c(cc1Cl)OCO2)C(=O)Nc1cccc(C(F)(F)F)c1. The molecule has 28 heavy (non-hydrogen) atoms. The third kappa shape index (κ3) is 4.20. The Hall–Kier alpha value is -3.20. The molecule has 0 bridgehead atoms. The molecule has 2 aromatic rings. The molecule has 1 aliphatic heterocycles. The summed E-state index contributed by atoms with van der Waals surface area (Å²) in [6, 6.07) is 6.86. The maximum atomic E-state index is 12.8. The molecule has 146 valence electrons. The monoisotopic (exact) mass is 412 g/mol. The lowest BCUT2D eigenvalue weighted by Crippen LogP contribution is -2.25. The molecule has 0 aliphatic carbocycles. The molecule has 0 unspecified atom stereocenters. The molecule has 0 spiro atoms. The van der Waals surface area contributed by atoms with Crippen LogP contribution >= 0.6 is 11.6 Å². The molecule has 1 aliphatic rings. The van der Waals surface area contributed by atoms with Crippen molar-refractivity contribution in [3.63, 3.8) is 0 Å². The van der Waals surface area contributed by atoms with E-state index in [1.807, 2.05) is 0 Å². The second-order valence-corrected chi connectivity index (χ2v) is 6.09. The van der Waals surface area contributed by atoms with Gasteiger partial charge in [0.2, 0.25) is 6.79 Å². The highest BCUT2D eigenvalue weighted by Crippen LogP contribution is 2.37. The van der Waals surface area contributed by atoms with Gasteiger partial charge in [0.25, 0.3) is 11.8 Å². The molecule has 0 atom stereocenters. The van der Waals surface area contributed by atoms with Crippen molar-refractivity contribution in [2.45, 2.75) is 6.18 Å². The third-order valence-electron chi connectivity index (χ3n) is 3.75. The van der Waals surface area contributed by atoms with E-state index in [0.717, 1.165) is 24.3 Å². The van der Waals surface area contributed by atoms with Crippen LogP contribution in [0.15, 0.2) is 42.0 Å². The highest BCUT2D eigenvalue weighted by molar-refractivity contribution is 6.33. The standard InChI is InChI=1S/C18H12ClF3N2O4/c19-13-7-15-14(27-8-28-15)5-9(13)4-12(16(23)25)17(26)24-11-3-1-2-10(6-11)18(20,21)22/h1-7H,8H2,(H2,23,25)(H,24,26). The Balaban J connectivity index is 1.90. The van der Waals surface area contributed by atoms with Crippen LogP contribution in [0.4, 0.5) is 18.9 Å². The molecular formula is C18H12ClF3N2O4. The first-order chi connectivity index (χ1) is 13.1. The Labute approximate surface area is 161 Å². The van der Waals surface area contributed by atoms with Crippen molar-refractivity contribution >= 4 is 35.2 Å². The van der Waals surface area contributed by atoms with Crippen LogP contribution in [-0.4, -0.2) is 18.6 Å². The number of ether oxygens (including phenoxy) is 2. The van der Waals surface area contributed by atoms with Gasteiger partial charge in [0.05, 0.1) is 10.6 Å². The number of benzene rings is 2. The molecule has 3 rings (SSSR count). The normalized spacial score (nSPS) is 13.4. The zero-order valence-corrected chi connectivity index (χ0v) is 14.7. The second kappa shape index (κ2) is 7.43. The zero-order chi connectivity index (χ0) is 20.5. The average molecular weight is 413 g/mol. The number of carbonyl (C=O) groups excluding carboxylic acids is 2. The van der Waals surface area contributed by atoms with Gasteiger partial charge in [-0.3, -0.25) is 9.59 Å². The number of alkyl halides is 3. The number of carbonyl (C=O) groups is 2. The highest BCUT2D eigenvalue weighted by Gasteiger charge is 2.30. The fourth-order valence-corrected chi connectivity index (χ4v) is 2.63. The van der Waals surface area contributed by atoms with Crippen LogP contribution in [-0.2, 0) is 15.8 Å². The number of primary amides is 1. The average Bonchev–Trinajstić information content (AvgIpc) is 3.05.